The van der Waals surface area contributed by atoms with Crippen LogP contribution in [0.3, 0.4) is 0 Å². The summed E-state index contributed by atoms with van der Waals surface area (Å²) in [5, 5.41) is 0. The van der Waals surface area contributed by atoms with Crippen LogP contribution in [0.5, 0.6) is 23.0 Å². The van der Waals surface area contributed by atoms with Gasteiger partial charge in [0.15, 0.2) is 0 Å². The van der Waals surface area contributed by atoms with Gasteiger partial charge in [-0.1, -0.05) is 0 Å². The number of para-hydroxylation sites is 4. The molecule has 0 amide bonds. The van der Waals surface area contributed by atoms with Crippen molar-refractivity contribution in [1.29, 1.82) is 0 Å². The van der Waals surface area contributed by atoms with Crippen molar-refractivity contribution in [3.05, 3.63) is 48.5 Å². The summed E-state index contributed by atoms with van der Waals surface area (Å²) in [6, 6.07) is 9.08. The molecule has 0 radical (unpaired) electrons. The van der Waals surface area contributed by atoms with E-state index in [1.165, 1.54) is 48.5 Å². The zero-order chi connectivity index (χ0) is 26.2. The summed E-state index contributed by atoms with van der Waals surface area (Å²) in [7, 11) is -5.75. The summed E-state index contributed by atoms with van der Waals surface area (Å²) in [5.74, 6) is -28.9. The Balaban J connectivity index is 1.69. The molecule has 4 rings (SSSR count). The predicted octanol–water partition coefficient (Wildman–Crippen LogP) is 6.81. The van der Waals surface area contributed by atoms with E-state index in [0.29, 0.717) is 0 Å². The average Bonchev–Trinajstić information content (AvgIpc) is 3.25. The van der Waals surface area contributed by atoms with Gasteiger partial charge in [-0.3, -0.25) is 0 Å². The summed E-state index contributed by atoms with van der Waals surface area (Å²) in [6.07, 6.45) is -9.68. The predicted molar refractivity (Wildman–Crippen MR) is 96.4 cm³/mol. The van der Waals surface area contributed by atoms with Crippen molar-refractivity contribution in [2.45, 2.75) is 42.3 Å². The van der Waals surface area contributed by atoms with Crippen molar-refractivity contribution in [3.8, 4) is 23.0 Å². The van der Waals surface area contributed by atoms with Crippen LogP contribution in [0.1, 0.15) is 6.42 Å². The molecule has 0 saturated carbocycles. The van der Waals surface area contributed by atoms with Gasteiger partial charge in [-0.05, 0) is 0 Å². The van der Waals surface area contributed by atoms with Gasteiger partial charge in [-0.25, -0.2) is 0 Å². The van der Waals surface area contributed by atoms with E-state index < -0.39 is 50.7 Å². The van der Waals surface area contributed by atoms with Crippen LogP contribution in [0.2, 0.25) is 6.04 Å². The topological polar surface area (TPSA) is 36.9 Å². The number of fused-ring (bicyclic) bond motifs is 2. The summed E-state index contributed by atoms with van der Waals surface area (Å²) < 4.78 is 170. The molecule has 194 valence electrons. The Morgan fingerprint density at radius 1 is 0.514 bits per heavy atom. The van der Waals surface area contributed by atoms with Gasteiger partial charge in [0, 0.05) is 0 Å². The SMILES string of the molecule is FC(F)(F)C(F)(F)C(F)(F)C(F)(F)C(F)(F)CC[Si-]12(Oc3ccccc3O1)Oc1ccccc1O2. The first kappa shape index (κ1) is 25.2. The van der Waals surface area contributed by atoms with Crippen LogP contribution in [-0.4, -0.2) is 38.2 Å². The quantitative estimate of drug-likeness (QED) is 0.298. The minimum atomic E-state index is -7.52. The fraction of sp³-hybridized carbons (Fsp3) is 0.368. The second-order valence-electron chi connectivity index (χ2n) is 7.80. The molecule has 2 heterocycles. The molecule has 0 fully saturated rings. The van der Waals surface area contributed by atoms with E-state index in [4.69, 9.17) is 17.7 Å². The first-order chi connectivity index (χ1) is 15.9. The Morgan fingerprint density at radius 3 is 1.17 bits per heavy atom. The molecule has 4 nitrogen and oxygen atoms in total. The van der Waals surface area contributed by atoms with E-state index in [1.807, 2.05) is 0 Å². The molecule has 0 atom stereocenters. The molecule has 2 aromatic carbocycles. The van der Waals surface area contributed by atoms with Crippen LogP contribution in [0.4, 0.5) is 48.3 Å². The molecule has 0 unspecified atom stereocenters. The maximum absolute atomic E-state index is 14.4. The fourth-order valence-electron chi connectivity index (χ4n) is 3.54. The van der Waals surface area contributed by atoms with Crippen LogP contribution in [0.25, 0.3) is 0 Å². The molecule has 35 heavy (non-hydrogen) atoms. The maximum atomic E-state index is 14.4. The van der Waals surface area contributed by atoms with Gasteiger partial charge in [0.2, 0.25) is 0 Å². The molecule has 0 N–H and O–H groups in total. The molecule has 0 aromatic heterocycles. The molecule has 2 aliphatic heterocycles. The number of hydrogen-bond donors (Lipinski definition) is 0. The summed E-state index contributed by atoms with van der Waals surface area (Å²) in [6.45, 7) is 0. The monoisotopic (exact) mass is 541 g/mol. The van der Waals surface area contributed by atoms with Crippen LogP contribution in [0.15, 0.2) is 48.5 Å². The average molecular weight is 541 g/mol. The van der Waals surface area contributed by atoms with Crippen molar-refractivity contribution >= 4 is 8.33 Å². The van der Waals surface area contributed by atoms with Gasteiger partial charge in [-0.2, -0.15) is 0 Å². The zero-order valence-electron chi connectivity index (χ0n) is 16.8. The number of rotatable bonds is 6. The Labute approximate surface area is 189 Å². The van der Waals surface area contributed by atoms with E-state index >= 15 is 0 Å². The third-order valence-electron chi connectivity index (χ3n) is 5.38. The summed E-state index contributed by atoms with van der Waals surface area (Å²) >= 11 is 0. The third-order valence-corrected chi connectivity index (χ3v) is 8.90. The Hall–Kier alpha value is -2.91. The van der Waals surface area contributed by atoms with Crippen LogP contribution >= 0.6 is 0 Å². The Bertz CT molecular complexity index is 1040. The van der Waals surface area contributed by atoms with Crippen molar-refractivity contribution in [3.63, 3.8) is 0 Å². The number of hydrogen-bond acceptors (Lipinski definition) is 4. The molecule has 0 saturated heterocycles. The Morgan fingerprint density at radius 2 is 0.857 bits per heavy atom. The van der Waals surface area contributed by atoms with Crippen molar-refractivity contribution in [1.82, 2.24) is 0 Å². The van der Waals surface area contributed by atoms with E-state index in [-0.39, 0.29) is 23.0 Å². The van der Waals surface area contributed by atoms with Gasteiger partial charge in [0.05, 0.1) is 0 Å². The second kappa shape index (κ2) is 7.07. The van der Waals surface area contributed by atoms with Crippen LogP contribution in [0, 0.1) is 0 Å². The molecule has 1 spiro atoms. The molecule has 2 aliphatic rings. The van der Waals surface area contributed by atoms with E-state index in [0.717, 1.165) is 0 Å². The first-order valence-electron chi connectivity index (χ1n) is 9.57. The number of halogens is 11. The van der Waals surface area contributed by atoms with Gasteiger partial charge in [0.1, 0.15) is 0 Å². The van der Waals surface area contributed by atoms with Crippen molar-refractivity contribution in [2.75, 3.05) is 0 Å². The molecular formula is C19H12F11O4Si-. The minimum absolute atomic E-state index is 0.155. The van der Waals surface area contributed by atoms with Crippen molar-refractivity contribution < 1.29 is 66.0 Å². The standard InChI is InChI=1S/C19H12F11O4Si/c20-15(21,16(22,23)17(24,25)18(26,27)19(28,29)30)9-10-35(31-11-5-1-2-6-12(11)32-35)33-13-7-3-4-8-14(13)34-35/h1-8H,9-10H2/q-1. The van der Waals surface area contributed by atoms with Crippen LogP contribution in [-0.2, 0) is 0 Å². The van der Waals surface area contributed by atoms with E-state index in [9.17, 15) is 48.3 Å². The van der Waals surface area contributed by atoms with Gasteiger partial charge < -0.3 is 0 Å². The second-order valence-corrected chi connectivity index (χ2v) is 11.3. The summed E-state index contributed by atoms with van der Waals surface area (Å²) in [4.78, 5) is 0. The normalized spacial score (nSPS) is 19.9. The van der Waals surface area contributed by atoms with E-state index in [1.54, 1.807) is 0 Å². The first-order valence-corrected chi connectivity index (χ1v) is 11.9. The zero-order valence-corrected chi connectivity index (χ0v) is 17.8. The molecule has 0 aliphatic carbocycles. The molecule has 16 heteroatoms. The fourth-order valence-corrected chi connectivity index (χ4v) is 7.29. The van der Waals surface area contributed by atoms with Crippen molar-refractivity contribution in [2.24, 2.45) is 0 Å². The molecular weight excluding hydrogens is 529 g/mol. The molecule has 2 aromatic rings. The summed E-state index contributed by atoms with van der Waals surface area (Å²) in [5.41, 5.74) is 0. The third kappa shape index (κ3) is 3.47. The van der Waals surface area contributed by atoms with Gasteiger partial charge >= 0.3 is 188 Å². The van der Waals surface area contributed by atoms with Gasteiger partial charge in [-0.15, -0.1) is 0 Å². The molecule has 0 bridgehead atoms. The van der Waals surface area contributed by atoms with Gasteiger partial charge in [0.25, 0.3) is 0 Å². The van der Waals surface area contributed by atoms with Crippen LogP contribution < -0.4 is 17.7 Å². The number of alkyl halides is 11. The van der Waals surface area contributed by atoms with E-state index in [2.05, 4.69) is 0 Å². The number of benzene rings is 2. The Kier molecular flexibility index (Phi) is 5.09.